The molecule has 0 aliphatic heterocycles. The molecule has 0 heterocycles. The van der Waals surface area contributed by atoms with Crippen LogP contribution < -0.4 is 0 Å². The second-order valence-corrected chi connectivity index (χ2v) is 4.41. The first-order chi connectivity index (χ1) is 8.58. The minimum Gasteiger partial charge on any atom is -0.394 e. The van der Waals surface area contributed by atoms with Crippen LogP contribution in [0.15, 0.2) is 0 Å². The van der Waals surface area contributed by atoms with Crippen LogP contribution in [0.1, 0.15) is 58.3 Å². The third-order valence-corrected chi connectivity index (χ3v) is 2.49. The van der Waals surface area contributed by atoms with Crippen molar-refractivity contribution in [3.05, 3.63) is 0 Å². The van der Waals surface area contributed by atoms with Crippen molar-refractivity contribution in [2.45, 2.75) is 70.7 Å². The maximum Gasteiger partial charge on any atom is 0.151 e. The fraction of sp³-hybridized carbons (Fsp3) is 1.00. The second kappa shape index (κ2) is 16.8. The molecule has 18 heavy (non-hydrogen) atoms. The molecule has 112 valence electrons. The molecule has 0 aliphatic carbocycles. The van der Waals surface area contributed by atoms with Crippen LogP contribution in [0, 0.1) is 0 Å². The first kappa shape index (κ1) is 20.1. The van der Waals surface area contributed by atoms with Gasteiger partial charge in [0.2, 0.25) is 0 Å². The zero-order valence-electron chi connectivity index (χ0n) is 11.5. The van der Waals surface area contributed by atoms with Crippen LogP contribution in [0.25, 0.3) is 0 Å². The van der Waals surface area contributed by atoms with Gasteiger partial charge < -0.3 is 25.5 Å². The molecule has 0 aromatic rings. The number of aliphatic hydroxyl groups is 5. The smallest absolute Gasteiger partial charge is 0.151 e. The van der Waals surface area contributed by atoms with E-state index in [2.05, 4.69) is 6.92 Å². The van der Waals surface area contributed by atoms with E-state index < -0.39 is 12.4 Å². The van der Waals surface area contributed by atoms with Gasteiger partial charge in [-0.25, -0.2) is 0 Å². The molecule has 5 N–H and O–H groups in total. The predicted molar refractivity (Wildman–Crippen MR) is 71.0 cm³/mol. The summed E-state index contributed by atoms with van der Waals surface area (Å²) in [6.07, 6.45) is 7.07. The van der Waals surface area contributed by atoms with Gasteiger partial charge in [-0.15, -0.1) is 0 Å². The SMILES string of the molecule is CCCCCCCCCC(O)O.OCC(O)CO. The van der Waals surface area contributed by atoms with E-state index in [9.17, 15) is 0 Å². The summed E-state index contributed by atoms with van der Waals surface area (Å²) in [5.41, 5.74) is 0. The van der Waals surface area contributed by atoms with Crippen molar-refractivity contribution in [3.8, 4) is 0 Å². The Bertz CT molecular complexity index is 137. The zero-order chi connectivity index (χ0) is 14.2. The topological polar surface area (TPSA) is 101 Å². The summed E-state index contributed by atoms with van der Waals surface area (Å²) in [4.78, 5) is 0. The van der Waals surface area contributed by atoms with E-state index in [1.165, 1.54) is 32.1 Å². The monoisotopic (exact) mass is 266 g/mol. The van der Waals surface area contributed by atoms with Crippen molar-refractivity contribution in [1.82, 2.24) is 0 Å². The van der Waals surface area contributed by atoms with E-state index in [1.54, 1.807) is 0 Å². The van der Waals surface area contributed by atoms with Crippen LogP contribution in [0.5, 0.6) is 0 Å². The average Bonchev–Trinajstić information content (AvgIpc) is 2.37. The molecule has 5 nitrogen and oxygen atoms in total. The van der Waals surface area contributed by atoms with E-state index in [0.717, 1.165) is 12.8 Å². The molecule has 0 rings (SSSR count). The lowest BCUT2D eigenvalue weighted by Gasteiger charge is -2.02. The van der Waals surface area contributed by atoms with Gasteiger partial charge in [0.25, 0.3) is 0 Å². The molecule has 0 saturated heterocycles. The van der Waals surface area contributed by atoms with Crippen molar-refractivity contribution in [3.63, 3.8) is 0 Å². The van der Waals surface area contributed by atoms with Crippen molar-refractivity contribution in [2.75, 3.05) is 13.2 Å². The van der Waals surface area contributed by atoms with E-state index >= 15 is 0 Å². The summed E-state index contributed by atoms with van der Waals surface area (Å²) in [5, 5.41) is 41.1. The van der Waals surface area contributed by atoms with Gasteiger partial charge in [-0.05, 0) is 12.8 Å². The lowest BCUT2D eigenvalue weighted by molar-refractivity contribution is -0.0466. The number of aliphatic hydroxyl groups excluding tert-OH is 4. The average molecular weight is 266 g/mol. The van der Waals surface area contributed by atoms with E-state index in [-0.39, 0.29) is 13.2 Å². The van der Waals surface area contributed by atoms with Gasteiger partial charge in [0.05, 0.1) is 13.2 Å². The maximum atomic E-state index is 8.55. The molecule has 0 aromatic carbocycles. The Morgan fingerprint density at radius 1 is 0.722 bits per heavy atom. The van der Waals surface area contributed by atoms with E-state index in [1.807, 2.05) is 0 Å². The molecule has 0 saturated carbocycles. The number of hydrogen-bond donors (Lipinski definition) is 5. The Morgan fingerprint density at radius 2 is 1.17 bits per heavy atom. The van der Waals surface area contributed by atoms with Crippen molar-refractivity contribution in [1.29, 1.82) is 0 Å². The fourth-order valence-electron chi connectivity index (χ4n) is 1.34. The molecular formula is C13H30O5. The molecule has 0 aliphatic rings. The van der Waals surface area contributed by atoms with E-state index in [4.69, 9.17) is 25.5 Å². The molecule has 0 aromatic heterocycles. The van der Waals surface area contributed by atoms with Gasteiger partial charge in [-0.3, -0.25) is 0 Å². The van der Waals surface area contributed by atoms with Gasteiger partial charge in [0, 0.05) is 0 Å². The molecular weight excluding hydrogens is 236 g/mol. The summed E-state index contributed by atoms with van der Waals surface area (Å²) in [6.45, 7) is 1.48. The third kappa shape index (κ3) is 21.1. The van der Waals surface area contributed by atoms with Gasteiger partial charge >= 0.3 is 0 Å². The van der Waals surface area contributed by atoms with E-state index in [0.29, 0.717) is 6.42 Å². The number of hydrogen-bond acceptors (Lipinski definition) is 5. The fourth-order valence-corrected chi connectivity index (χ4v) is 1.34. The van der Waals surface area contributed by atoms with Gasteiger partial charge in [-0.2, -0.15) is 0 Å². The Hall–Kier alpha value is -0.200. The largest absolute Gasteiger partial charge is 0.394 e. The van der Waals surface area contributed by atoms with Gasteiger partial charge in [-0.1, -0.05) is 45.4 Å². The van der Waals surface area contributed by atoms with Crippen LogP contribution in [0.3, 0.4) is 0 Å². The lowest BCUT2D eigenvalue weighted by atomic mass is 10.1. The Morgan fingerprint density at radius 3 is 1.50 bits per heavy atom. The van der Waals surface area contributed by atoms with Crippen LogP contribution in [-0.2, 0) is 0 Å². The Kier molecular flexibility index (Phi) is 18.8. The highest BCUT2D eigenvalue weighted by Crippen LogP contribution is 2.08. The second-order valence-electron chi connectivity index (χ2n) is 4.41. The first-order valence-electron chi connectivity index (χ1n) is 6.84. The summed E-state index contributed by atoms with van der Waals surface area (Å²) in [7, 11) is 0. The minimum absolute atomic E-state index is 0.365. The molecule has 0 amide bonds. The Labute approximate surface area is 110 Å². The van der Waals surface area contributed by atoms with Crippen LogP contribution in [0.2, 0.25) is 0 Å². The summed E-state index contributed by atoms with van der Waals surface area (Å²) in [5.74, 6) is 0. The summed E-state index contributed by atoms with van der Waals surface area (Å²) < 4.78 is 0. The standard InChI is InChI=1S/C10H22O2.C3H8O3/c1-2-3-4-5-6-7-8-9-10(11)12;4-1-3(6)2-5/h10-12H,2-9H2,1H3;3-6H,1-2H2. The Balaban J connectivity index is 0. The molecule has 0 fully saturated rings. The van der Waals surface area contributed by atoms with Crippen LogP contribution in [-0.4, -0.2) is 51.1 Å². The third-order valence-electron chi connectivity index (χ3n) is 2.49. The zero-order valence-corrected chi connectivity index (χ0v) is 11.5. The van der Waals surface area contributed by atoms with Gasteiger partial charge in [0.1, 0.15) is 6.10 Å². The predicted octanol–water partition coefficient (Wildman–Crippen LogP) is 0.770. The molecule has 0 radical (unpaired) electrons. The molecule has 0 unspecified atom stereocenters. The minimum atomic E-state index is -1.10. The van der Waals surface area contributed by atoms with Crippen molar-refractivity contribution in [2.24, 2.45) is 0 Å². The molecule has 0 atom stereocenters. The summed E-state index contributed by atoms with van der Waals surface area (Å²) in [6, 6.07) is 0. The lowest BCUT2D eigenvalue weighted by Crippen LogP contribution is -2.15. The highest BCUT2D eigenvalue weighted by atomic mass is 16.5. The van der Waals surface area contributed by atoms with Crippen molar-refractivity contribution < 1.29 is 25.5 Å². The highest BCUT2D eigenvalue weighted by Gasteiger charge is 1.96. The highest BCUT2D eigenvalue weighted by molar-refractivity contribution is 4.46. The molecule has 0 bridgehead atoms. The molecule has 0 spiro atoms. The number of rotatable bonds is 10. The van der Waals surface area contributed by atoms with Crippen molar-refractivity contribution >= 4 is 0 Å². The quantitative estimate of drug-likeness (QED) is 0.297. The van der Waals surface area contributed by atoms with Gasteiger partial charge in [0.15, 0.2) is 6.29 Å². The molecule has 5 heteroatoms. The first-order valence-corrected chi connectivity index (χ1v) is 6.84. The number of unbranched alkanes of at least 4 members (excludes halogenated alkanes) is 6. The maximum absolute atomic E-state index is 8.55. The normalized spacial score (nSPS) is 10.7. The van der Waals surface area contributed by atoms with Crippen LogP contribution in [0.4, 0.5) is 0 Å². The summed E-state index contributed by atoms with van der Waals surface area (Å²) >= 11 is 0. The van der Waals surface area contributed by atoms with Crippen LogP contribution >= 0.6 is 0 Å².